The highest BCUT2D eigenvalue weighted by molar-refractivity contribution is 7.59. The average Bonchev–Trinajstić information content (AvgIpc) is 2.45. The summed E-state index contributed by atoms with van der Waals surface area (Å²) in [5.41, 5.74) is -1.23. The monoisotopic (exact) mass is 198 g/mol. The van der Waals surface area contributed by atoms with E-state index in [2.05, 4.69) is 9.97 Å². The Kier molecular flexibility index (Phi) is 2.18. The van der Waals surface area contributed by atoms with Gasteiger partial charge in [0.15, 0.2) is 11.4 Å². The second-order valence-electron chi connectivity index (χ2n) is 2.05. The lowest BCUT2D eigenvalue weighted by Gasteiger charge is -1.95. The maximum Gasteiger partial charge on any atom is 0.391 e. The van der Waals surface area contributed by atoms with E-state index in [-0.39, 0.29) is 11.4 Å². The Bertz CT molecular complexity index is 428. The van der Waals surface area contributed by atoms with Gasteiger partial charge < -0.3 is 14.8 Å². The van der Waals surface area contributed by atoms with Crippen molar-refractivity contribution in [3.63, 3.8) is 0 Å². The molecule has 8 heteroatoms. The predicted molar refractivity (Wildman–Crippen MR) is 39.7 cm³/mol. The number of hydrogen-bond donors (Lipinski definition) is 3. The molecule has 0 saturated carbocycles. The molecule has 0 atom stereocenters. The normalized spacial score (nSPS) is 10.5. The molecule has 0 aliphatic carbocycles. The van der Waals surface area contributed by atoms with Gasteiger partial charge in [-0.15, -0.1) is 0 Å². The molecule has 7 nitrogen and oxygen atoms in total. The van der Waals surface area contributed by atoms with Crippen molar-refractivity contribution in [2.24, 2.45) is 0 Å². The van der Waals surface area contributed by atoms with E-state index in [0.29, 0.717) is 0 Å². The van der Waals surface area contributed by atoms with Crippen molar-refractivity contribution in [2.75, 3.05) is 0 Å². The van der Waals surface area contributed by atoms with Crippen LogP contribution < -0.4 is 5.57 Å². The third-order valence-corrected chi connectivity index (χ3v) is 1.95. The van der Waals surface area contributed by atoms with E-state index >= 15 is 0 Å². The lowest BCUT2D eigenvalue weighted by Crippen LogP contribution is -2.08. The summed E-state index contributed by atoms with van der Waals surface area (Å²) in [6.45, 7) is 0. The molecule has 1 aromatic heterocycles. The van der Waals surface area contributed by atoms with Crippen molar-refractivity contribution < 1.29 is 14.4 Å². The third-order valence-electron chi connectivity index (χ3n) is 1.18. The van der Waals surface area contributed by atoms with Crippen LogP contribution in [0.5, 0.6) is 0 Å². The number of hydrogen-bond acceptors (Lipinski definition) is 4. The lowest BCUT2D eigenvalue weighted by molar-refractivity contribution is 0.385. The summed E-state index contributed by atoms with van der Waals surface area (Å²) < 4.78 is 10.6. The number of nitriles is 2. The maximum absolute atomic E-state index is 10.6. The highest BCUT2D eigenvalue weighted by Gasteiger charge is 2.24. The molecule has 66 valence electrons. The highest BCUT2D eigenvalue weighted by atomic mass is 31.2. The van der Waals surface area contributed by atoms with Gasteiger partial charge in [0, 0.05) is 0 Å². The fraction of sp³-hybridized carbons (Fsp3) is 0. The molecule has 0 aliphatic rings. The molecule has 0 fully saturated rings. The Morgan fingerprint density at radius 1 is 1.38 bits per heavy atom. The smallest absolute Gasteiger partial charge is 0.322 e. The molecule has 0 spiro atoms. The fourth-order valence-electron chi connectivity index (χ4n) is 0.661. The average molecular weight is 198 g/mol. The first-order chi connectivity index (χ1) is 5.99. The Hall–Kier alpha value is -1.66. The summed E-state index contributed by atoms with van der Waals surface area (Å²) >= 11 is 0. The topological polar surface area (TPSA) is 134 Å². The van der Waals surface area contributed by atoms with Crippen LogP contribution in [0.4, 0.5) is 0 Å². The van der Waals surface area contributed by atoms with Crippen LogP contribution in [0.3, 0.4) is 0 Å². The molecule has 0 saturated heterocycles. The molecule has 1 aromatic rings. The van der Waals surface area contributed by atoms with E-state index in [0.717, 1.165) is 0 Å². The van der Waals surface area contributed by atoms with Gasteiger partial charge >= 0.3 is 7.60 Å². The van der Waals surface area contributed by atoms with Crippen molar-refractivity contribution in [2.45, 2.75) is 0 Å². The molecule has 1 rings (SSSR count). The second-order valence-corrected chi connectivity index (χ2v) is 3.56. The number of nitrogens with one attached hydrogen (secondary N) is 1. The summed E-state index contributed by atoms with van der Waals surface area (Å²) in [5, 5.41) is 16.8. The Morgan fingerprint density at radius 3 is 2.31 bits per heavy atom. The Balaban J connectivity index is 3.35. The van der Waals surface area contributed by atoms with Crippen molar-refractivity contribution in [1.29, 1.82) is 10.5 Å². The minimum Gasteiger partial charge on any atom is -0.322 e. The largest absolute Gasteiger partial charge is 0.391 e. The first-order valence-electron chi connectivity index (χ1n) is 2.95. The van der Waals surface area contributed by atoms with Gasteiger partial charge in [0.05, 0.1) is 0 Å². The van der Waals surface area contributed by atoms with E-state index in [4.69, 9.17) is 20.3 Å². The first kappa shape index (κ1) is 9.43. The highest BCUT2D eigenvalue weighted by Crippen LogP contribution is 2.31. The molecule has 3 N–H and O–H groups in total. The Labute approximate surface area is 72.4 Å². The van der Waals surface area contributed by atoms with Crippen molar-refractivity contribution >= 4 is 13.2 Å². The summed E-state index contributed by atoms with van der Waals surface area (Å²) in [6.07, 6.45) is 0. The molecule has 0 radical (unpaired) electrons. The number of nitrogens with zero attached hydrogens (tertiary/aromatic N) is 3. The van der Waals surface area contributed by atoms with E-state index in [1.807, 2.05) is 0 Å². The lowest BCUT2D eigenvalue weighted by atomic mass is 10.4. The number of imidazole rings is 1. The van der Waals surface area contributed by atoms with Gasteiger partial charge in [0.1, 0.15) is 12.1 Å². The molecule has 0 aliphatic heterocycles. The number of aromatic nitrogens is 2. The molecular weight excluding hydrogens is 195 g/mol. The van der Waals surface area contributed by atoms with Crippen LogP contribution in [-0.2, 0) is 4.57 Å². The summed E-state index contributed by atoms with van der Waals surface area (Å²) in [6, 6.07) is 3.09. The van der Waals surface area contributed by atoms with E-state index in [1.165, 1.54) is 6.07 Å². The van der Waals surface area contributed by atoms with Gasteiger partial charge in [-0.25, -0.2) is 4.98 Å². The van der Waals surface area contributed by atoms with Crippen LogP contribution in [0.1, 0.15) is 11.4 Å². The molecule has 13 heavy (non-hydrogen) atoms. The predicted octanol–water partition coefficient (Wildman–Crippen LogP) is -1.04. The summed E-state index contributed by atoms with van der Waals surface area (Å²) in [7, 11) is -4.52. The van der Waals surface area contributed by atoms with Gasteiger partial charge in [-0.3, -0.25) is 4.57 Å². The number of rotatable bonds is 1. The van der Waals surface area contributed by atoms with E-state index in [9.17, 15) is 4.57 Å². The maximum atomic E-state index is 10.6. The third kappa shape index (κ3) is 1.74. The zero-order valence-electron chi connectivity index (χ0n) is 6.09. The van der Waals surface area contributed by atoms with Crippen LogP contribution in [0.25, 0.3) is 0 Å². The molecular formula is C5H3N4O3P. The van der Waals surface area contributed by atoms with E-state index < -0.39 is 13.2 Å². The number of aromatic amines is 1. The standard InChI is InChI=1S/C5H3N4O3P/c6-1-3-4(2-7)9-5(8-3)13(10,11)12/h(H,8,9)(H2,10,11,12). The van der Waals surface area contributed by atoms with E-state index in [1.54, 1.807) is 6.07 Å². The van der Waals surface area contributed by atoms with Crippen molar-refractivity contribution in [3.05, 3.63) is 11.4 Å². The second kappa shape index (κ2) is 3.00. The van der Waals surface area contributed by atoms with Crippen LogP contribution in [0.2, 0.25) is 0 Å². The van der Waals surface area contributed by atoms with Crippen LogP contribution in [0.15, 0.2) is 0 Å². The summed E-state index contributed by atoms with van der Waals surface area (Å²) in [5.74, 6) is 0. The first-order valence-corrected chi connectivity index (χ1v) is 4.56. The quantitative estimate of drug-likeness (QED) is 0.493. The van der Waals surface area contributed by atoms with Gasteiger partial charge in [-0.1, -0.05) is 0 Å². The minimum atomic E-state index is -4.52. The van der Waals surface area contributed by atoms with Crippen LogP contribution in [-0.4, -0.2) is 19.8 Å². The van der Waals surface area contributed by atoms with Gasteiger partial charge in [-0.05, 0) is 0 Å². The minimum absolute atomic E-state index is 0.249. The zero-order chi connectivity index (χ0) is 10.1. The van der Waals surface area contributed by atoms with Crippen molar-refractivity contribution in [3.8, 4) is 12.1 Å². The van der Waals surface area contributed by atoms with Gasteiger partial charge in [0.25, 0.3) is 0 Å². The zero-order valence-corrected chi connectivity index (χ0v) is 6.99. The van der Waals surface area contributed by atoms with Crippen LogP contribution in [0, 0.1) is 22.7 Å². The summed E-state index contributed by atoms with van der Waals surface area (Å²) in [4.78, 5) is 22.6. The molecule has 0 amide bonds. The number of H-pyrrole nitrogens is 1. The SMILES string of the molecule is N#Cc1nc(P(=O)(O)O)[nH]c1C#N. The molecule has 0 bridgehead atoms. The molecule has 1 heterocycles. The van der Waals surface area contributed by atoms with Gasteiger partial charge in [0.2, 0.25) is 5.57 Å². The fourth-order valence-corrected chi connectivity index (χ4v) is 1.15. The van der Waals surface area contributed by atoms with Crippen LogP contribution >= 0.6 is 7.60 Å². The molecule has 0 unspecified atom stereocenters. The van der Waals surface area contributed by atoms with Crippen molar-refractivity contribution in [1.82, 2.24) is 9.97 Å². The Morgan fingerprint density at radius 2 is 2.00 bits per heavy atom. The van der Waals surface area contributed by atoms with Gasteiger partial charge in [-0.2, -0.15) is 10.5 Å². The molecule has 0 aromatic carbocycles.